The van der Waals surface area contributed by atoms with Crippen LogP contribution < -0.4 is 10.1 Å². The minimum Gasteiger partial charge on any atom is -0.492 e. The van der Waals surface area contributed by atoms with Crippen molar-refractivity contribution in [2.45, 2.75) is 39.5 Å². The SMILES string of the molecule is CC(C)COc1ccc(NC(=O)[C@@H]2CCCN(C(=O)N3CCCC3)C2)cc1Cl. The van der Waals surface area contributed by atoms with Crippen LogP contribution in [0.4, 0.5) is 10.5 Å². The number of nitrogens with zero attached hydrogens (tertiary/aromatic N) is 2. The molecule has 0 aromatic heterocycles. The Morgan fingerprint density at radius 1 is 1.18 bits per heavy atom. The second-order valence-corrected chi connectivity index (χ2v) is 8.51. The molecule has 154 valence electrons. The summed E-state index contributed by atoms with van der Waals surface area (Å²) in [7, 11) is 0. The molecule has 3 amide bonds. The molecule has 0 aliphatic carbocycles. The Morgan fingerprint density at radius 2 is 1.89 bits per heavy atom. The molecule has 0 bridgehead atoms. The first-order valence-electron chi connectivity index (χ1n) is 10.2. The third kappa shape index (κ3) is 5.31. The topological polar surface area (TPSA) is 61.9 Å². The lowest BCUT2D eigenvalue weighted by molar-refractivity contribution is -0.121. The number of carbonyl (C=O) groups excluding carboxylic acids is 2. The van der Waals surface area contributed by atoms with Gasteiger partial charge < -0.3 is 19.9 Å². The van der Waals surface area contributed by atoms with Crippen molar-refractivity contribution in [3.63, 3.8) is 0 Å². The van der Waals surface area contributed by atoms with Crippen LogP contribution in [-0.4, -0.2) is 54.5 Å². The molecule has 1 aromatic rings. The number of anilines is 1. The van der Waals surface area contributed by atoms with E-state index in [2.05, 4.69) is 19.2 Å². The molecular weight excluding hydrogens is 378 g/mol. The maximum absolute atomic E-state index is 12.7. The molecule has 1 atom stereocenters. The molecule has 28 heavy (non-hydrogen) atoms. The Kier molecular flexibility index (Phi) is 7.05. The molecule has 2 fully saturated rings. The van der Waals surface area contributed by atoms with E-state index in [1.165, 1.54) is 0 Å². The van der Waals surface area contributed by atoms with Gasteiger partial charge in [-0.15, -0.1) is 0 Å². The summed E-state index contributed by atoms with van der Waals surface area (Å²) >= 11 is 6.28. The minimum atomic E-state index is -0.198. The van der Waals surface area contributed by atoms with Gasteiger partial charge in [0.05, 0.1) is 17.5 Å². The molecule has 3 rings (SSSR count). The standard InChI is InChI=1S/C21H30ClN3O3/c1-15(2)14-28-19-8-7-17(12-18(19)22)23-20(26)16-6-5-11-25(13-16)21(27)24-9-3-4-10-24/h7-8,12,15-16H,3-6,9-11,13-14H2,1-2H3,(H,23,26)/t16-/m1/s1. The fourth-order valence-electron chi connectivity index (χ4n) is 3.67. The van der Waals surface area contributed by atoms with Crippen LogP contribution in [0.5, 0.6) is 5.75 Å². The highest BCUT2D eigenvalue weighted by molar-refractivity contribution is 6.32. The number of halogens is 1. The van der Waals surface area contributed by atoms with Gasteiger partial charge in [-0.2, -0.15) is 0 Å². The number of hydrogen-bond donors (Lipinski definition) is 1. The molecule has 1 aromatic carbocycles. The third-order valence-electron chi connectivity index (χ3n) is 5.21. The van der Waals surface area contributed by atoms with E-state index < -0.39 is 0 Å². The molecule has 0 saturated carbocycles. The van der Waals surface area contributed by atoms with E-state index in [0.29, 0.717) is 35.5 Å². The zero-order valence-electron chi connectivity index (χ0n) is 16.7. The van der Waals surface area contributed by atoms with Crippen molar-refractivity contribution in [2.24, 2.45) is 11.8 Å². The van der Waals surface area contributed by atoms with Crippen LogP contribution in [0, 0.1) is 11.8 Å². The lowest BCUT2D eigenvalue weighted by atomic mass is 9.97. The van der Waals surface area contributed by atoms with E-state index in [-0.39, 0.29) is 17.9 Å². The van der Waals surface area contributed by atoms with Crippen molar-refractivity contribution in [3.8, 4) is 5.75 Å². The van der Waals surface area contributed by atoms with Gasteiger partial charge in [-0.3, -0.25) is 4.79 Å². The lowest BCUT2D eigenvalue weighted by Gasteiger charge is -2.34. The summed E-state index contributed by atoms with van der Waals surface area (Å²) in [6.45, 7) is 7.60. The number of urea groups is 1. The number of likely N-dealkylation sites (tertiary alicyclic amines) is 2. The van der Waals surface area contributed by atoms with Gasteiger partial charge in [0.15, 0.2) is 0 Å². The van der Waals surface area contributed by atoms with E-state index >= 15 is 0 Å². The van der Waals surface area contributed by atoms with Gasteiger partial charge >= 0.3 is 6.03 Å². The van der Waals surface area contributed by atoms with Crippen LogP contribution in [0.2, 0.25) is 5.02 Å². The van der Waals surface area contributed by atoms with E-state index in [1.54, 1.807) is 18.2 Å². The maximum Gasteiger partial charge on any atom is 0.320 e. The molecule has 0 unspecified atom stereocenters. The van der Waals surface area contributed by atoms with E-state index in [4.69, 9.17) is 16.3 Å². The van der Waals surface area contributed by atoms with Crippen molar-refractivity contribution in [1.29, 1.82) is 0 Å². The van der Waals surface area contributed by atoms with E-state index in [9.17, 15) is 9.59 Å². The van der Waals surface area contributed by atoms with E-state index in [0.717, 1.165) is 45.3 Å². The van der Waals surface area contributed by atoms with Crippen LogP contribution >= 0.6 is 11.6 Å². The lowest BCUT2D eigenvalue weighted by Crippen LogP contribution is -2.48. The summed E-state index contributed by atoms with van der Waals surface area (Å²) in [5.74, 6) is 0.767. The van der Waals surface area contributed by atoms with Crippen LogP contribution in [0.3, 0.4) is 0 Å². The fourth-order valence-corrected chi connectivity index (χ4v) is 3.90. The smallest absolute Gasteiger partial charge is 0.320 e. The second-order valence-electron chi connectivity index (χ2n) is 8.10. The van der Waals surface area contributed by atoms with Gasteiger partial charge in [-0.1, -0.05) is 25.4 Å². The Bertz CT molecular complexity index is 704. The number of ether oxygens (including phenoxy) is 1. The highest BCUT2D eigenvalue weighted by Gasteiger charge is 2.31. The summed E-state index contributed by atoms with van der Waals surface area (Å²) in [6.07, 6.45) is 3.78. The van der Waals surface area contributed by atoms with Crippen LogP contribution in [0.1, 0.15) is 39.5 Å². The molecule has 7 heteroatoms. The molecule has 2 heterocycles. The highest BCUT2D eigenvalue weighted by Crippen LogP contribution is 2.29. The quantitative estimate of drug-likeness (QED) is 0.793. The number of benzene rings is 1. The average molecular weight is 408 g/mol. The fraction of sp³-hybridized carbons (Fsp3) is 0.619. The second kappa shape index (κ2) is 9.50. The van der Waals surface area contributed by atoms with Gasteiger partial charge in [0, 0.05) is 31.9 Å². The summed E-state index contributed by atoms with van der Waals surface area (Å²) in [6, 6.07) is 5.37. The largest absolute Gasteiger partial charge is 0.492 e. The molecule has 2 aliphatic rings. The number of rotatable bonds is 5. The zero-order chi connectivity index (χ0) is 20.1. The molecule has 2 aliphatic heterocycles. The van der Waals surface area contributed by atoms with Gasteiger partial charge in [0.1, 0.15) is 5.75 Å². The minimum absolute atomic E-state index is 0.0640. The summed E-state index contributed by atoms with van der Waals surface area (Å²) in [5, 5.41) is 3.42. The van der Waals surface area contributed by atoms with E-state index in [1.807, 2.05) is 9.80 Å². The number of carbonyl (C=O) groups is 2. The molecule has 1 N–H and O–H groups in total. The molecule has 6 nitrogen and oxygen atoms in total. The first-order chi connectivity index (χ1) is 13.4. The summed E-state index contributed by atoms with van der Waals surface area (Å²) in [4.78, 5) is 29.1. The predicted octanol–water partition coefficient (Wildman–Crippen LogP) is 4.24. The van der Waals surface area contributed by atoms with Gasteiger partial charge in [-0.25, -0.2) is 4.79 Å². The Morgan fingerprint density at radius 3 is 2.57 bits per heavy atom. The Labute approximate surface area is 172 Å². The Balaban J connectivity index is 1.56. The monoisotopic (exact) mass is 407 g/mol. The van der Waals surface area contributed by atoms with Crippen LogP contribution in [0.15, 0.2) is 18.2 Å². The number of nitrogens with one attached hydrogen (secondary N) is 1. The van der Waals surface area contributed by atoms with Gasteiger partial charge in [0.2, 0.25) is 5.91 Å². The number of hydrogen-bond acceptors (Lipinski definition) is 3. The predicted molar refractivity (Wildman–Crippen MR) is 111 cm³/mol. The van der Waals surface area contributed by atoms with Crippen LogP contribution in [0.25, 0.3) is 0 Å². The van der Waals surface area contributed by atoms with Crippen molar-refractivity contribution in [3.05, 3.63) is 23.2 Å². The summed E-state index contributed by atoms with van der Waals surface area (Å²) in [5.41, 5.74) is 0.648. The molecular formula is C21H30ClN3O3. The molecule has 0 radical (unpaired) electrons. The maximum atomic E-state index is 12.7. The zero-order valence-corrected chi connectivity index (χ0v) is 17.5. The first kappa shape index (κ1) is 20.8. The highest BCUT2D eigenvalue weighted by atomic mass is 35.5. The molecule has 2 saturated heterocycles. The third-order valence-corrected chi connectivity index (χ3v) is 5.51. The van der Waals surface area contributed by atoms with Crippen molar-refractivity contribution >= 4 is 29.2 Å². The van der Waals surface area contributed by atoms with Gasteiger partial charge in [-0.05, 0) is 49.8 Å². The molecule has 0 spiro atoms. The van der Waals surface area contributed by atoms with Crippen molar-refractivity contribution < 1.29 is 14.3 Å². The summed E-state index contributed by atoms with van der Waals surface area (Å²) < 4.78 is 5.67. The first-order valence-corrected chi connectivity index (χ1v) is 10.6. The average Bonchev–Trinajstić information content (AvgIpc) is 3.21. The normalized spacial score (nSPS) is 19.8. The van der Waals surface area contributed by atoms with Crippen LogP contribution in [-0.2, 0) is 4.79 Å². The van der Waals surface area contributed by atoms with Crippen molar-refractivity contribution in [1.82, 2.24) is 9.80 Å². The van der Waals surface area contributed by atoms with Gasteiger partial charge in [0.25, 0.3) is 0 Å². The Hall–Kier alpha value is -1.95. The number of piperidine rings is 1. The number of amides is 3. The van der Waals surface area contributed by atoms with Crippen molar-refractivity contribution in [2.75, 3.05) is 38.1 Å².